The van der Waals surface area contributed by atoms with E-state index in [1.807, 2.05) is 0 Å². The molecule has 1 saturated heterocycles. The summed E-state index contributed by atoms with van der Waals surface area (Å²) < 4.78 is 0. The maximum absolute atomic E-state index is 12.9. The van der Waals surface area contributed by atoms with E-state index < -0.39 is 35.9 Å². The molecule has 1 aliphatic heterocycles. The number of nitrogens with zero attached hydrogens (tertiary/aromatic N) is 2. The van der Waals surface area contributed by atoms with E-state index in [1.54, 1.807) is 11.9 Å². The molecule has 1 fully saturated rings. The van der Waals surface area contributed by atoms with E-state index in [9.17, 15) is 24.0 Å². The lowest BCUT2D eigenvalue weighted by Gasteiger charge is -2.24. The molecule has 170 valence electrons. The molecule has 0 saturated carbocycles. The van der Waals surface area contributed by atoms with Crippen molar-refractivity contribution in [2.24, 2.45) is 0 Å². The van der Waals surface area contributed by atoms with E-state index in [0.29, 0.717) is 25.7 Å². The Morgan fingerprint density at radius 1 is 1.39 bits per heavy atom. The molecule has 0 spiro atoms. The third-order valence-electron chi connectivity index (χ3n) is 4.99. The average Bonchev–Trinajstić information content (AvgIpc) is 3.26. The predicted molar refractivity (Wildman–Crippen MR) is 108 cm³/mol. The van der Waals surface area contributed by atoms with E-state index in [-0.39, 0.29) is 37.5 Å². The Morgan fingerprint density at radius 2 is 2.16 bits per heavy atom. The molecule has 2 heterocycles. The van der Waals surface area contributed by atoms with E-state index in [4.69, 9.17) is 5.11 Å². The first-order chi connectivity index (χ1) is 14.8. The highest BCUT2D eigenvalue weighted by molar-refractivity contribution is 5.95. The second-order valence-electron chi connectivity index (χ2n) is 7.41. The SMILES string of the molecule is CN1CCC[C@@H](CN[C@H](C=O)CC(=O)O)NC(=O)[C@@H](NC(=O)c2ncc[nH]2)CCC1=O. The first kappa shape index (κ1) is 24.0. The third kappa shape index (κ3) is 7.81. The maximum atomic E-state index is 12.9. The Labute approximate surface area is 179 Å². The monoisotopic (exact) mass is 436 g/mol. The van der Waals surface area contributed by atoms with Crippen LogP contribution < -0.4 is 16.0 Å². The minimum Gasteiger partial charge on any atom is -0.481 e. The number of aliphatic carboxylic acids is 1. The van der Waals surface area contributed by atoms with Gasteiger partial charge in [0.1, 0.15) is 12.3 Å². The molecule has 0 radical (unpaired) electrons. The number of rotatable bonds is 8. The van der Waals surface area contributed by atoms with E-state index in [1.165, 1.54) is 12.4 Å². The Hall–Kier alpha value is -3.28. The molecular formula is C19H28N6O6. The number of carbonyl (C=O) groups excluding carboxylic acids is 4. The Bertz CT molecular complexity index is 783. The van der Waals surface area contributed by atoms with Crippen LogP contribution in [-0.4, -0.2) is 88.2 Å². The van der Waals surface area contributed by atoms with Gasteiger partial charge < -0.3 is 35.7 Å². The van der Waals surface area contributed by atoms with Gasteiger partial charge in [0.25, 0.3) is 5.91 Å². The van der Waals surface area contributed by atoms with Crippen LogP contribution in [0.5, 0.6) is 0 Å². The molecule has 3 amide bonds. The lowest BCUT2D eigenvalue weighted by molar-refractivity contribution is -0.138. The average molecular weight is 436 g/mol. The number of aldehydes is 1. The largest absolute Gasteiger partial charge is 0.481 e. The predicted octanol–water partition coefficient (Wildman–Crippen LogP) is -1.34. The second-order valence-corrected chi connectivity index (χ2v) is 7.41. The molecule has 0 unspecified atom stereocenters. The van der Waals surface area contributed by atoms with Gasteiger partial charge in [-0.25, -0.2) is 4.98 Å². The lowest BCUT2D eigenvalue weighted by Crippen LogP contribution is -2.53. The number of hydrogen-bond donors (Lipinski definition) is 5. The van der Waals surface area contributed by atoms with Gasteiger partial charge in [-0.15, -0.1) is 0 Å². The fraction of sp³-hybridized carbons (Fsp3) is 0.579. The van der Waals surface area contributed by atoms with Crippen LogP contribution in [0.2, 0.25) is 0 Å². The molecule has 1 aliphatic rings. The molecule has 31 heavy (non-hydrogen) atoms. The van der Waals surface area contributed by atoms with Crippen LogP contribution in [0.25, 0.3) is 0 Å². The van der Waals surface area contributed by atoms with Crippen LogP contribution in [0, 0.1) is 0 Å². The fourth-order valence-electron chi connectivity index (χ4n) is 3.22. The number of carbonyl (C=O) groups is 5. The summed E-state index contributed by atoms with van der Waals surface area (Å²) in [6, 6.07) is -2.27. The van der Waals surface area contributed by atoms with Crippen molar-refractivity contribution in [1.82, 2.24) is 30.8 Å². The highest BCUT2D eigenvalue weighted by Gasteiger charge is 2.27. The van der Waals surface area contributed by atoms with Gasteiger partial charge in [-0.3, -0.25) is 19.2 Å². The molecule has 3 atom stereocenters. The van der Waals surface area contributed by atoms with Crippen LogP contribution >= 0.6 is 0 Å². The molecular weight excluding hydrogens is 408 g/mol. The Kier molecular flexibility index (Phi) is 9.13. The number of nitrogens with one attached hydrogen (secondary N) is 4. The number of aromatic nitrogens is 2. The van der Waals surface area contributed by atoms with Crippen molar-refractivity contribution < 1.29 is 29.1 Å². The molecule has 1 aromatic rings. The zero-order valence-corrected chi connectivity index (χ0v) is 17.3. The molecule has 0 aromatic carbocycles. The van der Waals surface area contributed by atoms with Gasteiger partial charge in [0.2, 0.25) is 11.8 Å². The zero-order valence-electron chi connectivity index (χ0n) is 17.3. The smallest absolute Gasteiger partial charge is 0.305 e. The van der Waals surface area contributed by atoms with E-state index in [2.05, 4.69) is 25.9 Å². The van der Waals surface area contributed by atoms with Gasteiger partial charge in [0.15, 0.2) is 5.82 Å². The third-order valence-corrected chi connectivity index (χ3v) is 4.99. The van der Waals surface area contributed by atoms with Gasteiger partial charge in [-0.05, 0) is 19.3 Å². The number of H-pyrrole nitrogens is 1. The summed E-state index contributed by atoms with van der Waals surface area (Å²) in [6.45, 7) is 0.653. The van der Waals surface area contributed by atoms with E-state index in [0.717, 1.165) is 0 Å². The first-order valence-corrected chi connectivity index (χ1v) is 10.0. The summed E-state index contributed by atoms with van der Waals surface area (Å²) in [4.78, 5) is 67.5. The molecule has 2 rings (SSSR count). The normalized spacial score (nSPS) is 21.5. The summed E-state index contributed by atoms with van der Waals surface area (Å²) in [5, 5.41) is 17.1. The Morgan fingerprint density at radius 3 is 2.81 bits per heavy atom. The molecule has 12 heteroatoms. The minimum atomic E-state index is -1.11. The van der Waals surface area contributed by atoms with Crippen molar-refractivity contribution in [3.05, 3.63) is 18.2 Å². The number of amides is 3. The maximum Gasteiger partial charge on any atom is 0.305 e. The van der Waals surface area contributed by atoms with Crippen LogP contribution in [0.4, 0.5) is 0 Å². The van der Waals surface area contributed by atoms with Crippen molar-refractivity contribution in [1.29, 1.82) is 0 Å². The van der Waals surface area contributed by atoms with Crippen molar-refractivity contribution in [2.45, 2.75) is 50.2 Å². The van der Waals surface area contributed by atoms with Crippen LogP contribution in [0.15, 0.2) is 12.4 Å². The van der Waals surface area contributed by atoms with Crippen molar-refractivity contribution in [3.8, 4) is 0 Å². The summed E-state index contributed by atoms with van der Waals surface area (Å²) in [7, 11) is 1.68. The van der Waals surface area contributed by atoms with Gasteiger partial charge >= 0.3 is 5.97 Å². The van der Waals surface area contributed by atoms with Crippen LogP contribution in [-0.2, 0) is 19.2 Å². The molecule has 12 nitrogen and oxygen atoms in total. The topological polar surface area (TPSA) is 174 Å². The fourth-order valence-corrected chi connectivity index (χ4v) is 3.22. The minimum absolute atomic E-state index is 0.0475. The zero-order chi connectivity index (χ0) is 22.8. The van der Waals surface area contributed by atoms with E-state index >= 15 is 0 Å². The van der Waals surface area contributed by atoms with Crippen molar-refractivity contribution >= 4 is 30.0 Å². The van der Waals surface area contributed by atoms with Crippen molar-refractivity contribution in [2.75, 3.05) is 20.1 Å². The first-order valence-electron chi connectivity index (χ1n) is 10.0. The molecule has 1 aromatic heterocycles. The van der Waals surface area contributed by atoms with Gasteiger partial charge in [-0.2, -0.15) is 0 Å². The number of hydrogen-bond acceptors (Lipinski definition) is 7. The summed E-state index contributed by atoms with van der Waals surface area (Å²) in [6.07, 6.45) is 4.32. The number of carboxylic acids is 1. The highest BCUT2D eigenvalue weighted by Crippen LogP contribution is 2.08. The molecule has 0 bridgehead atoms. The van der Waals surface area contributed by atoms with Crippen LogP contribution in [0.3, 0.4) is 0 Å². The number of carboxylic acid groups (broad SMARTS) is 1. The van der Waals surface area contributed by atoms with Crippen LogP contribution in [0.1, 0.15) is 42.7 Å². The lowest BCUT2D eigenvalue weighted by atomic mass is 10.1. The summed E-state index contributed by atoms with van der Waals surface area (Å²) in [5.74, 6) is -2.24. The Balaban J connectivity index is 2.09. The van der Waals surface area contributed by atoms with Gasteiger partial charge in [0.05, 0.1) is 12.5 Å². The quantitative estimate of drug-likeness (QED) is 0.311. The standard InChI is InChI=1S/C19H28N6O6/c1-25-8-2-3-12(10-22-13(11-26)9-16(28)29)23-18(30)14(4-5-15(25)27)24-19(31)17-20-6-7-21-17/h6-7,11-14,22H,2-5,8-10H2,1H3,(H,20,21)(H,23,30)(H,24,31)(H,28,29)/t12-,13-,14-/m0/s1. The number of aromatic amines is 1. The second kappa shape index (κ2) is 11.8. The molecule has 5 N–H and O–H groups in total. The van der Waals surface area contributed by atoms with Gasteiger partial charge in [0, 0.05) is 45.0 Å². The summed E-state index contributed by atoms with van der Waals surface area (Å²) >= 11 is 0. The number of imidazole rings is 1. The van der Waals surface area contributed by atoms with Gasteiger partial charge in [-0.1, -0.05) is 0 Å². The molecule has 0 aliphatic carbocycles. The van der Waals surface area contributed by atoms with Crippen molar-refractivity contribution in [3.63, 3.8) is 0 Å². The summed E-state index contributed by atoms with van der Waals surface area (Å²) in [5.41, 5.74) is 0. The highest BCUT2D eigenvalue weighted by atomic mass is 16.4.